The Balaban J connectivity index is 0.818. The summed E-state index contributed by atoms with van der Waals surface area (Å²) in [5, 5.41) is 12.7. The number of nitrogens with one attached hydrogen (secondary N) is 4. The van der Waals surface area contributed by atoms with E-state index in [1.807, 2.05) is 54.6 Å². The highest BCUT2D eigenvalue weighted by Crippen LogP contribution is 2.43. The molecule has 5 fully saturated rings. The molecular formula is C59H71N6O6. The predicted octanol–water partition coefficient (Wildman–Crippen LogP) is 7.93. The Bertz CT molecular complexity index is 2390. The Kier molecular flexibility index (Phi) is 16.3. The number of unbranched alkanes of at least 4 members (excludes halogenated alkanes) is 9. The maximum absolute atomic E-state index is 14.2. The molecule has 0 aromatic heterocycles. The second-order valence-corrected chi connectivity index (χ2v) is 20.9. The molecule has 4 aromatic rings. The van der Waals surface area contributed by atoms with Gasteiger partial charge in [-0.25, -0.2) is 0 Å². The number of rotatable bonds is 23. The van der Waals surface area contributed by atoms with Crippen molar-refractivity contribution < 1.29 is 28.8 Å². The zero-order valence-corrected chi connectivity index (χ0v) is 41.0. The van der Waals surface area contributed by atoms with Crippen LogP contribution >= 0.6 is 0 Å². The van der Waals surface area contributed by atoms with Gasteiger partial charge in [0.05, 0.1) is 23.7 Å². The van der Waals surface area contributed by atoms with E-state index in [2.05, 4.69) is 64.6 Å². The van der Waals surface area contributed by atoms with Gasteiger partial charge in [0, 0.05) is 79.7 Å². The number of hydrogen-bond donors (Lipinski definition) is 4. The van der Waals surface area contributed by atoms with Gasteiger partial charge in [0.15, 0.2) is 0 Å². The Morgan fingerprint density at radius 1 is 0.408 bits per heavy atom. The molecule has 12 nitrogen and oxygen atoms in total. The van der Waals surface area contributed by atoms with Gasteiger partial charge < -0.3 is 31.1 Å². The lowest BCUT2D eigenvalue weighted by molar-refractivity contribution is -0.133. The summed E-state index contributed by atoms with van der Waals surface area (Å²) < 4.78 is 0. The van der Waals surface area contributed by atoms with Crippen LogP contribution < -0.4 is 21.3 Å². The van der Waals surface area contributed by atoms with Crippen molar-refractivity contribution >= 4 is 35.4 Å². The molecule has 4 N–H and O–H groups in total. The van der Waals surface area contributed by atoms with Crippen LogP contribution in [0, 0.1) is 30.6 Å². The standard InChI is InChI=1S/C59H71N6O6/c1-2-3-4-5-6-7-8-9-10-20-31-60-54(66)47-35-64(36-48(47)55(67)61-51-32-44(51)39-21-14-11-15-22-39)58(70)42-27-29-43(30-28-42)59(71)65-37-49(56(68)62-52-33-45(52)40-23-16-12-17-24-40)50(38-65)57(69)63-53-34-46(53)41-25-18-13-19-26-41/h11-19,21-30,44-53H,1-10,20,31-38H2,(H,60,66)(H,61,67)(H,62,68)(H,63,69)/t44-,45-,46-,47?,48?,49?,50?,51-,52-,53-/m1/s1. The molecule has 4 unspecified atom stereocenters. The summed E-state index contributed by atoms with van der Waals surface area (Å²) in [5.41, 5.74) is 4.16. The molecule has 1 radical (unpaired) electrons. The molecular weight excluding hydrogens is 889 g/mol. The first-order valence-corrected chi connectivity index (χ1v) is 26.5. The van der Waals surface area contributed by atoms with Crippen LogP contribution in [0.15, 0.2) is 115 Å². The van der Waals surface area contributed by atoms with E-state index in [1.165, 1.54) is 44.1 Å². The van der Waals surface area contributed by atoms with Crippen LogP contribution in [0.5, 0.6) is 0 Å². The van der Waals surface area contributed by atoms with Crippen LogP contribution in [0.2, 0.25) is 0 Å². The van der Waals surface area contributed by atoms with Crippen molar-refractivity contribution in [1.29, 1.82) is 0 Å². The molecule has 9 rings (SSSR count). The summed E-state index contributed by atoms with van der Waals surface area (Å²) in [6, 6.07) is 36.6. The fourth-order valence-electron chi connectivity index (χ4n) is 11.1. The van der Waals surface area contributed by atoms with E-state index in [0.29, 0.717) is 17.7 Å². The fourth-order valence-corrected chi connectivity index (χ4v) is 11.1. The van der Waals surface area contributed by atoms with E-state index < -0.39 is 23.7 Å². The number of hydrogen-bond acceptors (Lipinski definition) is 6. The van der Waals surface area contributed by atoms with Crippen LogP contribution in [-0.2, 0) is 19.2 Å². The van der Waals surface area contributed by atoms with Gasteiger partial charge in [0.2, 0.25) is 23.6 Å². The number of carbonyl (C=O) groups is 6. The Hall–Kier alpha value is -6.30. The van der Waals surface area contributed by atoms with Crippen LogP contribution in [0.1, 0.15) is 139 Å². The second-order valence-electron chi connectivity index (χ2n) is 20.9. The number of amides is 6. The molecule has 10 atom stereocenters. The first kappa shape index (κ1) is 49.7. The quantitative estimate of drug-likeness (QED) is 0.0554. The molecule has 2 aliphatic heterocycles. The third-order valence-electron chi connectivity index (χ3n) is 15.7. The minimum Gasteiger partial charge on any atom is -0.356 e. The minimum atomic E-state index is -0.728. The third-order valence-corrected chi connectivity index (χ3v) is 15.7. The van der Waals surface area contributed by atoms with Crippen molar-refractivity contribution in [3.63, 3.8) is 0 Å². The first-order chi connectivity index (χ1) is 34.7. The summed E-state index contributed by atoms with van der Waals surface area (Å²) in [5.74, 6) is -3.76. The fraction of sp³-hybridized carbons (Fsp3) is 0.475. The molecule has 12 heteroatoms. The minimum absolute atomic E-state index is 0.0209. The molecule has 6 amide bonds. The molecule has 373 valence electrons. The molecule has 3 aliphatic carbocycles. The Morgan fingerprint density at radius 2 is 0.718 bits per heavy atom. The highest BCUT2D eigenvalue weighted by Gasteiger charge is 2.50. The highest BCUT2D eigenvalue weighted by molar-refractivity contribution is 6.00. The summed E-state index contributed by atoms with van der Waals surface area (Å²) in [6.45, 7) is 4.82. The van der Waals surface area contributed by atoms with E-state index >= 15 is 0 Å². The molecule has 71 heavy (non-hydrogen) atoms. The van der Waals surface area contributed by atoms with E-state index in [9.17, 15) is 28.8 Å². The lowest BCUT2D eigenvalue weighted by atomic mass is 9.94. The van der Waals surface area contributed by atoms with Gasteiger partial charge in [-0.15, -0.1) is 0 Å². The highest BCUT2D eigenvalue weighted by atomic mass is 16.2. The number of carbonyl (C=O) groups excluding carboxylic acids is 6. The molecule has 2 saturated heterocycles. The normalized spacial score (nSPS) is 26.0. The molecule has 0 bridgehead atoms. The van der Waals surface area contributed by atoms with Crippen molar-refractivity contribution in [3.05, 3.63) is 150 Å². The summed E-state index contributed by atoms with van der Waals surface area (Å²) in [4.78, 5) is 87.3. The Morgan fingerprint density at radius 3 is 1.06 bits per heavy atom. The third kappa shape index (κ3) is 12.6. The van der Waals surface area contributed by atoms with Gasteiger partial charge in [-0.2, -0.15) is 0 Å². The average molecular weight is 960 g/mol. The van der Waals surface area contributed by atoms with Gasteiger partial charge >= 0.3 is 0 Å². The van der Waals surface area contributed by atoms with Crippen LogP contribution in [0.25, 0.3) is 0 Å². The smallest absolute Gasteiger partial charge is 0.253 e. The largest absolute Gasteiger partial charge is 0.356 e. The van der Waals surface area contributed by atoms with Crippen LogP contribution in [-0.4, -0.2) is 96.1 Å². The van der Waals surface area contributed by atoms with Crippen molar-refractivity contribution in [1.82, 2.24) is 31.1 Å². The maximum Gasteiger partial charge on any atom is 0.253 e. The first-order valence-electron chi connectivity index (χ1n) is 26.5. The average Bonchev–Trinajstić information content (AvgIpc) is 4.37. The topological polar surface area (TPSA) is 157 Å². The number of nitrogens with zero attached hydrogens (tertiary/aromatic N) is 2. The van der Waals surface area contributed by atoms with Gasteiger partial charge in [0.1, 0.15) is 0 Å². The van der Waals surface area contributed by atoms with E-state index in [-0.39, 0.29) is 97.5 Å². The summed E-state index contributed by atoms with van der Waals surface area (Å²) >= 11 is 0. The molecule has 4 aromatic carbocycles. The van der Waals surface area contributed by atoms with Crippen LogP contribution in [0.3, 0.4) is 0 Å². The lowest BCUT2D eigenvalue weighted by Crippen LogP contribution is -2.43. The van der Waals surface area contributed by atoms with E-state index in [4.69, 9.17) is 0 Å². The zero-order valence-electron chi connectivity index (χ0n) is 41.0. The van der Waals surface area contributed by atoms with Gasteiger partial charge in [-0.05, 0) is 66.6 Å². The van der Waals surface area contributed by atoms with Gasteiger partial charge in [0.25, 0.3) is 11.8 Å². The van der Waals surface area contributed by atoms with E-state index in [1.54, 1.807) is 34.1 Å². The number of benzene rings is 4. The number of likely N-dealkylation sites (tertiary alicyclic amines) is 2. The summed E-state index contributed by atoms with van der Waals surface area (Å²) in [7, 11) is 0. The SMILES string of the molecule is [CH2]CCCCCCCCCCCNC(=O)C1CN(C(=O)c2ccc(C(=O)N3CC(C(=O)N[C@@H]4C[C@@H]4c4ccccc4)C(C(=O)N[C@@H]4C[C@@H]4c4ccccc4)C3)cc2)CC1C(=O)N[C@@H]1C[C@@H]1c1ccccc1. The van der Waals surface area contributed by atoms with Crippen LogP contribution in [0.4, 0.5) is 0 Å². The molecule has 5 aliphatic rings. The van der Waals surface area contributed by atoms with Crippen molar-refractivity contribution in [3.8, 4) is 0 Å². The Labute approximate surface area is 419 Å². The maximum atomic E-state index is 14.2. The van der Waals surface area contributed by atoms with Gasteiger partial charge in [-0.3, -0.25) is 28.8 Å². The van der Waals surface area contributed by atoms with Crippen molar-refractivity contribution in [2.24, 2.45) is 23.7 Å². The van der Waals surface area contributed by atoms with E-state index in [0.717, 1.165) is 56.1 Å². The summed E-state index contributed by atoms with van der Waals surface area (Å²) in [6.07, 6.45) is 13.8. The molecule has 0 spiro atoms. The monoisotopic (exact) mass is 960 g/mol. The molecule has 2 heterocycles. The second kappa shape index (κ2) is 23.3. The molecule has 3 saturated carbocycles. The zero-order chi connectivity index (χ0) is 49.3. The van der Waals surface area contributed by atoms with Crippen molar-refractivity contribution in [2.75, 3.05) is 32.7 Å². The van der Waals surface area contributed by atoms with Crippen molar-refractivity contribution in [2.45, 2.75) is 119 Å². The lowest BCUT2D eigenvalue weighted by Gasteiger charge is -2.18. The predicted molar refractivity (Wildman–Crippen MR) is 274 cm³/mol. The van der Waals surface area contributed by atoms with Gasteiger partial charge in [-0.1, -0.05) is 156 Å².